The molecule has 24 heavy (non-hydrogen) atoms. The predicted octanol–water partition coefficient (Wildman–Crippen LogP) is 3.78. The lowest BCUT2D eigenvalue weighted by molar-refractivity contribution is -0.114. The summed E-state index contributed by atoms with van der Waals surface area (Å²) in [6.45, 7) is 6.47. The second-order valence-corrected chi connectivity index (χ2v) is 8.79. The molecule has 4 unspecified atom stereocenters. The highest BCUT2D eigenvalue weighted by atomic mass is 16.5. The zero-order valence-electron chi connectivity index (χ0n) is 14.8. The van der Waals surface area contributed by atoms with E-state index in [0.29, 0.717) is 17.9 Å². The van der Waals surface area contributed by atoms with Gasteiger partial charge in [-0.1, -0.05) is 27.2 Å². The van der Waals surface area contributed by atoms with Crippen molar-refractivity contribution in [3.05, 3.63) is 22.8 Å². The van der Waals surface area contributed by atoms with Crippen LogP contribution in [0, 0.1) is 11.3 Å². The molecule has 1 saturated carbocycles. The first-order valence-electron chi connectivity index (χ1n) is 9.15. The minimum absolute atomic E-state index is 0.000459. The van der Waals surface area contributed by atoms with E-state index in [4.69, 9.17) is 4.74 Å². The molecule has 2 bridgehead atoms. The Kier molecular flexibility index (Phi) is 3.46. The second kappa shape index (κ2) is 5.12. The van der Waals surface area contributed by atoms with Crippen molar-refractivity contribution in [1.82, 2.24) is 0 Å². The molecule has 0 aromatic heterocycles. The van der Waals surface area contributed by atoms with Crippen molar-refractivity contribution in [3.8, 4) is 11.5 Å². The van der Waals surface area contributed by atoms with E-state index in [1.165, 1.54) is 6.42 Å². The van der Waals surface area contributed by atoms with Crippen molar-refractivity contribution < 1.29 is 20.1 Å². The minimum atomic E-state index is -0.211. The third-order valence-corrected chi connectivity index (χ3v) is 6.90. The fourth-order valence-corrected chi connectivity index (χ4v) is 5.55. The highest BCUT2D eigenvalue weighted by Gasteiger charge is 2.59. The lowest BCUT2D eigenvalue weighted by atomic mass is 9.60. The molecule has 4 rings (SSSR count). The fourth-order valence-electron chi connectivity index (χ4n) is 5.55. The van der Waals surface area contributed by atoms with Gasteiger partial charge in [0.1, 0.15) is 0 Å². The molecule has 4 heteroatoms. The van der Waals surface area contributed by atoms with Crippen LogP contribution in [0.2, 0.25) is 0 Å². The monoisotopic (exact) mass is 332 g/mol. The second-order valence-electron chi connectivity index (χ2n) is 8.79. The number of fused-ring (bicyclic) bond motifs is 3. The van der Waals surface area contributed by atoms with Crippen LogP contribution in [0.4, 0.5) is 0 Å². The normalized spacial score (nSPS) is 34.5. The van der Waals surface area contributed by atoms with Gasteiger partial charge in [0.25, 0.3) is 0 Å². The highest BCUT2D eigenvalue weighted by molar-refractivity contribution is 5.57. The van der Waals surface area contributed by atoms with E-state index in [1.807, 2.05) is 13.0 Å². The topological polar surface area (TPSA) is 69.9 Å². The number of aliphatic hydroxyl groups excluding tert-OH is 1. The van der Waals surface area contributed by atoms with Crippen molar-refractivity contribution in [2.75, 3.05) is 6.61 Å². The molecule has 1 aromatic carbocycles. The summed E-state index contributed by atoms with van der Waals surface area (Å²) in [7, 11) is 0. The van der Waals surface area contributed by atoms with E-state index in [1.54, 1.807) is 0 Å². The lowest BCUT2D eigenvalue weighted by Gasteiger charge is -2.48. The van der Waals surface area contributed by atoms with E-state index in [2.05, 4.69) is 13.8 Å². The summed E-state index contributed by atoms with van der Waals surface area (Å²) in [6, 6.07) is 1.95. The van der Waals surface area contributed by atoms with Gasteiger partial charge in [-0.25, -0.2) is 0 Å². The largest absolute Gasteiger partial charge is 0.504 e. The number of hydrogen-bond donors (Lipinski definition) is 3. The Labute approximate surface area is 143 Å². The summed E-state index contributed by atoms with van der Waals surface area (Å²) in [5.41, 5.74) is 2.54. The summed E-state index contributed by atoms with van der Waals surface area (Å²) >= 11 is 0. The van der Waals surface area contributed by atoms with Crippen LogP contribution in [0.3, 0.4) is 0 Å². The maximum Gasteiger partial charge on any atom is 0.161 e. The molecule has 2 heterocycles. The SMILES string of the molecule is CC(CO)c1cc2c(c(O)c1O)CC13CCCC(C)(C)C1CC2O3. The van der Waals surface area contributed by atoms with Gasteiger partial charge in [0.05, 0.1) is 11.7 Å². The number of rotatable bonds is 2. The molecule has 2 fully saturated rings. The van der Waals surface area contributed by atoms with Crippen molar-refractivity contribution in [1.29, 1.82) is 0 Å². The number of aliphatic hydroxyl groups is 1. The Bertz CT molecular complexity index is 681. The van der Waals surface area contributed by atoms with Crippen molar-refractivity contribution in [3.63, 3.8) is 0 Å². The van der Waals surface area contributed by atoms with E-state index in [-0.39, 0.29) is 41.1 Å². The Morgan fingerprint density at radius 3 is 2.71 bits per heavy atom. The number of hydrogen-bond acceptors (Lipinski definition) is 4. The zero-order valence-corrected chi connectivity index (χ0v) is 14.8. The zero-order chi connectivity index (χ0) is 17.3. The third-order valence-electron chi connectivity index (χ3n) is 6.90. The summed E-state index contributed by atoms with van der Waals surface area (Å²) in [6.07, 6.45) is 5.06. The van der Waals surface area contributed by atoms with Gasteiger partial charge in [-0.05, 0) is 42.2 Å². The molecule has 4 nitrogen and oxygen atoms in total. The van der Waals surface area contributed by atoms with Crippen LogP contribution in [0.25, 0.3) is 0 Å². The molecular weight excluding hydrogens is 304 g/mol. The summed E-state index contributed by atoms with van der Waals surface area (Å²) in [5.74, 6) is 0.202. The molecule has 3 N–H and O–H groups in total. The van der Waals surface area contributed by atoms with E-state index in [9.17, 15) is 15.3 Å². The number of aromatic hydroxyl groups is 2. The Balaban J connectivity index is 1.83. The number of phenolic OH excluding ortho intramolecular Hbond substituents is 2. The summed E-state index contributed by atoms with van der Waals surface area (Å²) < 4.78 is 6.56. The molecule has 4 atom stereocenters. The molecule has 1 aromatic rings. The first kappa shape index (κ1) is 16.2. The summed E-state index contributed by atoms with van der Waals surface area (Å²) in [5, 5.41) is 30.6. The smallest absolute Gasteiger partial charge is 0.161 e. The Morgan fingerprint density at radius 1 is 1.25 bits per heavy atom. The van der Waals surface area contributed by atoms with Gasteiger partial charge < -0.3 is 20.1 Å². The molecule has 132 valence electrons. The number of ether oxygens (including phenoxy) is 1. The van der Waals surface area contributed by atoms with Gasteiger partial charge >= 0.3 is 0 Å². The summed E-state index contributed by atoms with van der Waals surface area (Å²) in [4.78, 5) is 0. The average Bonchev–Trinajstić information content (AvgIpc) is 2.86. The van der Waals surface area contributed by atoms with Gasteiger partial charge in [-0.2, -0.15) is 0 Å². The molecule has 1 spiro atoms. The van der Waals surface area contributed by atoms with Crippen LogP contribution < -0.4 is 0 Å². The van der Waals surface area contributed by atoms with Crippen LogP contribution in [0.15, 0.2) is 6.07 Å². The maximum atomic E-state index is 10.7. The third kappa shape index (κ3) is 2.05. The van der Waals surface area contributed by atoms with Crippen LogP contribution in [-0.2, 0) is 11.2 Å². The Morgan fingerprint density at radius 2 is 2.00 bits per heavy atom. The van der Waals surface area contributed by atoms with Crippen molar-refractivity contribution >= 4 is 0 Å². The molecule has 1 saturated heterocycles. The van der Waals surface area contributed by atoms with Crippen LogP contribution >= 0.6 is 0 Å². The first-order chi connectivity index (χ1) is 11.3. The molecule has 0 amide bonds. The molecule has 0 radical (unpaired) electrons. The highest BCUT2D eigenvalue weighted by Crippen LogP contribution is 2.63. The van der Waals surface area contributed by atoms with Crippen LogP contribution in [-0.4, -0.2) is 27.5 Å². The minimum Gasteiger partial charge on any atom is -0.504 e. The van der Waals surface area contributed by atoms with E-state index >= 15 is 0 Å². The molecule has 3 aliphatic rings. The standard InChI is InChI=1S/C20H28O4/c1-11(10-21)12-7-13-14(18(23)17(12)22)9-20-6-4-5-19(2,3)16(20)8-15(13)24-20/h7,11,15-16,21-23H,4-6,8-10H2,1-3H3. The van der Waals surface area contributed by atoms with Gasteiger partial charge in [-0.15, -0.1) is 0 Å². The molecule has 1 aliphatic carbocycles. The van der Waals surface area contributed by atoms with Crippen LogP contribution in [0.5, 0.6) is 11.5 Å². The van der Waals surface area contributed by atoms with E-state index in [0.717, 1.165) is 30.4 Å². The lowest BCUT2D eigenvalue weighted by Crippen LogP contribution is -2.48. The fraction of sp³-hybridized carbons (Fsp3) is 0.700. The van der Waals surface area contributed by atoms with Crippen molar-refractivity contribution in [2.45, 2.75) is 70.5 Å². The quantitative estimate of drug-likeness (QED) is 0.721. The first-order valence-corrected chi connectivity index (χ1v) is 9.15. The van der Waals surface area contributed by atoms with Crippen molar-refractivity contribution in [2.24, 2.45) is 11.3 Å². The molecule has 2 aliphatic heterocycles. The maximum absolute atomic E-state index is 10.7. The van der Waals surface area contributed by atoms with Gasteiger partial charge in [-0.3, -0.25) is 0 Å². The van der Waals surface area contributed by atoms with Gasteiger partial charge in [0.15, 0.2) is 11.5 Å². The van der Waals surface area contributed by atoms with Gasteiger partial charge in [0.2, 0.25) is 0 Å². The average molecular weight is 332 g/mol. The molecular formula is C20H28O4. The van der Waals surface area contributed by atoms with E-state index < -0.39 is 0 Å². The number of benzene rings is 1. The Hall–Kier alpha value is -1.26. The van der Waals surface area contributed by atoms with Crippen LogP contribution in [0.1, 0.15) is 75.2 Å². The van der Waals surface area contributed by atoms with Gasteiger partial charge in [0, 0.05) is 30.1 Å². The number of phenols is 2. The predicted molar refractivity (Wildman–Crippen MR) is 91.3 cm³/mol.